The van der Waals surface area contributed by atoms with Gasteiger partial charge < -0.3 is 15.0 Å². The maximum atomic E-state index is 13.3. The van der Waals surface area contributed by atoms with Crippen LogP contribution < -0.4 is 10.1 Å². The summed E-state index contributed by atoms with van der Waals surface area (Å²) >= 11 is 15.9. The summed E-state index contributed by atoms with van der Waals surface area (Å²) in [4.78, 5) is 27.9. The molecule has 8 heteroatoms. The van der Waals surface area contributed by atoms with Gasteiger partial charge in [0.05, 0.1) is 0 Å². The Morgan fingerprint density at radius 1 is 1.12 bits per heavy atom. The van der Waals surface area contributed by atoms with Gasteiger partial charge in [0.15, 0.2) is 6.61 Å². The smallest absolute Gasteiger partial charge is 0.261 e. The lowest BCUT2D eigenvalue weighted by molar-refractivity contribution is -0.143. The first-order chi connectivity index (χ1) is 15.3. The topological polar surface area (TPSA) is 58.6 Å². The Labute approximate surface area is 214 Å². The molecule has 0 aromatic heterocycles. The molecule has 0 aliphatic carbocycles. The minimum absolute atomic E-state index is 0.159. The predicted octanol–water partition coefficient (Wildman–Crippen LogP) is 6.47. The summed E-state index contributed by atoms with van der Waals surface area (Å²) in [6.45, 7) is 11.5. The molecule has 0 aliphatic rings. The van der Waals surface area contributed by atoms with E-state index >= 15 is 0 Å². The van der Waals surface area contributed by atoms with E-state index in [1.807, 2.05) is 53.7 Å². The number of hydrogen-bond acceptors (Lipinski definition) is 3. The number of nitrogens with zero attached hydrogens (tertiary/aromatic N) is 1. The molecule has 0 heterocycles. The molecule has 0 saturated heterocycles. The van der Waals surface area contributed by atoms with Crippen molar-refractivity contribution in [2.24, 2.45) is 0 Å². The normalized spacial score (nSPS) is 12.3. The maximum absolute atomic E-state index is 13.3. The standard InChI is InChI=1S/C25H31BrCl2N2O3/c1-7-21(24(32)29-25(4,5)6)30(13-17-8-9-18(27)12-20(17)28)22(31)14-33-19-10-15(2)23(26)16(3)11-19/h8-12,21H,7,13-14H2,1-6H3,(H,29,32). The molecule has 0 spiro atoms. The van der Waals surface area contributed by atoms with Gasteiger partial charge in [-0.1, -0.05) is 52.1 Å². The third-order valence-electron chi connectivity index (χ3n) is 5.01. The Balaban J connectivity index is 2.31. The van der Waals surface area contributed by atoms with Gasteiger partial charge in [0.1, 0.15) is 11.8 Å². The summed E-state index contributed by atoms with van der Waals surface area (Å²) in [6, 6.07) is 8.16. The number of halogens is 3. The van der Waals surface area contributed by atoms with E-state index in [1.54, 1.807) is 18.2 Å². The lowest BCUT2D eigenvalue weighted by atomic mass is 10.1. The number of rotatable bonds is 8. The van der Waals surface area contributed by atoms with Crippen molar-refractivity contribution in [2.75, 3.05) is 6.61 Å². The van der Waals surface area contributed by atoms with Crippen molar-refractivity contribution in [1.82, 2.24) is 10.2 Å². The second-order valence-corrected chi connectivity index (χ2v) is 10.7. The molecule has 1 unspecified atom stereocenters. The van der Waals surface area contributed by atoms with Crippen molar-refractivity contribution in [2.45, 2.75) is 66.1 Å². The molecule has 1 atom stereocenters. The van der Waals surface area contributed by atoms with Crippen LogP contribution in [0.5, 0.6) is 5.75 Å². The summed E-state index contributed by atoms with van der Waals surface area (Å²) in [5.41, 5.74) is 2.29. The summed E-state index contributed by atoms with van der Waals surface area (Å²) < 4.78 is 6.83. The van der Waals surface area contributed by atoms with Gasteiger partial charge in [0.25, 0.3) is 5.91 Å². The second-order valence-electron chi connectivity index (χ2n) is 9.08. The van der Waals surface area contributed by atoms with Crippen molar-refractivity contribution in [1.29, 1.82) is 0 Å². The number of benzene rings is 2. The van der Waals surface area contributed by atoms with Crippen LogP contribution in [-0.2, 0) is 16.1 Å². The van der Waals surface area contributed by atoms with Gasteiger partial charge in [-0.25, -0.2) is 0 Å². The van der Waals surface area contributed by atoms with Crippen LogP contribution in [0.1, 0.15) is 50.8 Å². The van der Waals surface area contributed by atoms with Crippen LogP contribution in [0.25, 0.3) is 0 Å². The van der Waals surface area contributed by atoms with Crippen LogP contribution in [-0.4, -0.2) is 34.9 Å². The minimum Gasteiger partial charge on any atom is -0.484 e. The van der Waals surface area contributed by atoms with Crippen LogP contribution >= 0.6 is 39.1 Å². The Hall–Kier alpha value is -1.76. The molecule has 0 saturated carbocycles. The highest BCUT2D eigenvalue weighted by atomic mass is 79.9. The van der Waals surface area contributed by atoms with Crippen molar-refractivity contribution >= 4 is 50.9 Å². The molecular formula is C25H31BrCl2N2O3. The monoisotopic (exact) mass is 556 g/mol. The average molecular weight is 558 g/mol. The zero-order valence-corrected chi connectivity index (χ0v) is 23.0. The van der Waals surface area contributed by atoms with Gasteiger partial charge in [-0.3, -0.25) is 9.59 Å². The molecule has 33 heavy (non-hydrogen) atoms. The fourth-order valence-corrected chi connectivity index (χ4v) is 4.12. The highest BCUT2D eigenvalue weighted by Gasteiger charge is 2.31. The molecule has 0 radical (unpaired) electrons. The molecule has 0 aliphatic heterocycles. The maximum Gasteiger partial charge on any atom is 0.261 e. The van der Waals surface area contributed by atoms with E-state index in [1.165, 1.54) is 4.90 Å². The van der Waals surface area contributed by atoms with E-state index < -0.39 is 11.6 Å². The number of ether oxygens (including phenoxy) is 1. The number of aryl methyl sites for hydroxylation is 2. The first-order valence-corrected chi connectivity index (χ1v) is 12.3. The summed E-state index contributed by atoms with van der Waals surface area (Å²) in [7, 11) is 0. The number of nitrogens with one attached hydrogen (secondary N) is 1. The molecule has 2 rings (SSSR count). The molecule has 2 amide bonds. The number of carbonyl (C=O) groups is 2. The molecule has 0 bridgehead atoms. The molecular weight excluding hydrogens is 527 g/mol. The molecule has 2 aromatic carbocycles. The van der Waals surface area contributed by atoms with Gasteiger partial charge >= 0.3 is 0 Å². The van der Waals surface area contributed by atoms with Crippen LogP contribution in [0.15, 0.2) is 34.8 Å². The Bertz CT molecular complexity index is 998. The summed E-state index contributed by atoms with van der Waals surface area (Å²) in [5.74, 6) is 0.0622. The predicted molar refractivity (Wildman–Crippen MR) is 138 cm³/mol. The molecule has 0 fully saturated rings. The second kappa shape index (κ2) is 11.6. The van der Waals surface area contributed by atoms with Crippen molar-refractivity contribution < 1.29 is 14.3 Å². The zero-order valence-electron chi connectivity index (χ0n) is 19.9. The largest absolute Gasteiger partial charge is 0.484 e. The quantitative estimate of drug-likeness (QED) is 0.404. The Morgan fingerprint density at radius 3 is 2.24 bits per heavy atom. The fraction of sp³-hybridized carbons (Fsp3) is 0.440. The van der Waals surface area contributed by atoms with Crippen molar-refractivity contribution in [3.63, 3.8) is 0 Å². The van der Waals surface area contributed by atoms with Crippen LogP contribution in [0, 0.1) is 13.8 Å². The first kappa shape index (κ1) is 27.5. The summed E-state index contributed by atoms with van der Waals surface area (Å²) in [6.07, 6.45) is 0.440. The lowest BCUT2D eigenvalue weighted by Gasteiger charge is -2.33. The lowest BCUT2D eigenvalue weighted by Crippen LogP contribution is -2.54. The SMILES string of the molecule is CCC(C(=O)NC(C)(C)C)N(Cc1ccc(Cl)cc1Cl)C(=O)COc1cc(C)c(Br)c(C)c1. The van der Waals surface area contributed by atoms with Crippen LogP contribution in [0.3, 0.4) is 0 Å². The van der Waals surface area contributed by atoms with E-state index in [4.69, 9.17) is 27.9 Å². The van der Waals surface area contributed by atoms with Gasteiger partial charge in [-0.05, 0) is 82.0 Å². The van der Waals surface area contributed by atoms with Crippen molar-refractivity contribution in [3.8, 4) is 5.75 Å². The number of amides is 2. The van der Waals surface area contributed by atoms with Crippen LogP contribution in [0.2, 0.25) is 10.0 Å². The molecule has 5 nitrogen and oxygen atoms in total. The first-order valence-electron chi connectivity index (χ1n) is 10.8. The van der Waals surface area contributed by atoms with Crippen LogP contribution in [0.4, 0.5) is 0 Å². The molecule has 2 aromatic rings. The highest BCUT2D eigenvalue weighted by molar-refractivity contribution is 9.10. The van der Waals surface area contributed by atoms with E-state index in [-0.39, 0.29) is 25.0 Å². The molecule has 1 N–H and O–H groups in total. The van der Waals surface area contributed by atoms with Crippen molar-refractivity contribution in [3.05, 3.63) is 61.5 Å². The van der Waals surface area contributed by atoms with E-state index in [9.17, 15) is 9.59 Å². The fourth-order valence-electron chi connectivity index (χ4n) is 3.42. The Kier molecular flexibility index (Phi) is 9.65. The van der Waals surface area contributed by atoms with Gasteiger partial charge in [0, 0.05) is 26.6 Å². The summed E-state index contributed by atoms with van der Waals surface area (Å²) in [5, 5.41) is 3.92. The Morgan fingerprint density at radius 2 is 1.73 bits per heavy atom. The van der Waals surface area contributed by atoms with Gasteiger partial charge in [-0.15, -0.1) is 0 Å². The number of carbonyl (C=O) groups excluding carboxylic acids is 2. The third kappa shape index (κ3) is 7.90. The highest BCUT2D eigenvalue weighted by Crippen LogP contribution is 2.27. The minimum atomic E-state index is -0.680. The molecule has 180 valence electrons. The van der Waals surface area contributed by atoms with Gasteiger partial charge in [-0.2, -0.15) is 0 Å². The van der Waals surface area contributed by atoms with E-state index in [2.05, 4.69) is 21.2 Å². The van der Waals surface area contributed by atoms with E-state index in [0.717, 1.165) is 15.6 Å². The third-order valence-corrected chi connectivity index (χ3v) is 6.85. The number of hydrogen-bond donors (Lipinski definition) is 1. The average Bonchev–Trinajstić information content (AvgIpc) is 2.70. The van der Waals surface area contributed by atoms with E-state index in [0.29, 0.717) is 27.8 Å². The van der Waals surface area contributed by atoms with Gasteiger partial charge in [0.2, 0.25) is 5.91 Å². The zero-order chi connectivity index (χ0) is 24.9.